The van der Waals surface area contributed by atoms with Crippen molar-refractivity contribution in [1.82, 2.24) is 4.90 Å². The van der Waals surface area contributed by atoms with Crippen molar-refractivity contribution in [2.75, 3.05) is 13.2 Å². The predicted molar refractivity (Wildman–Crippen MR) is 55.7 cm³/mol. The third-order valence-electron chi connectivity index (χ3n) is 3.45. The lowest BCUT2D eigenvalue weighted by molar-refractivity contribution is -0.140. The number of aliphatic hydroxyl groups excluding tert-OH is 1. The summed E-state index contributed by atoms with van der Waals surface area (Å²) < 4.78 is 0. The topological polar surface area (TPSA) is 77.8 Å². The number of carbonyl (C=O) groups is 2. The molecule has 0 aromatic carbocycles. The van der Waals surface area contributed by atoms with Gasteiger partial charge in [0.05, 0.1) is 6.42 Å². The first-order chi connectivity index (χ1) is 7.61. The molecular formula is C11H17NO4. The van der Waals surface area contributed by atoms with E-state index in [0.717, 1.165) is 12.8 Å². The van der Waals surface area contributed by atoms with Gasteiger partial charge in [0.1, 0.15) is 0 Å². The lowest BCUT2D eigenvalue weighted by atomic mass is 10.1. The Labute approximate surface area is 94.0 Å². The van der Waals surface area contributed by atoms with Crippen molar-refractivity contribution < 1.29 is 19.8 Å². The Kier molecular flexibility index (Phi) is 3.14. The van der Waals surface area contributed by atoms with Crippen LogP contribution in [-0.2, 0) is 9.59 Å². The van der Waals surface area contributed by atoms with E-state index in [1.54, 1.807) is 4.90 Å². The van der Waals surface area contributed by atoms with Gasteiger partial charge < -0.3 is 15.1 Å². The molecule has 1 saturated carbocycles. The Morgan fingerprint density at radius 1 is 1.50 bits per heavy atom. The number of aliphatic hydroxyl groups is 1. The van der Waals surface area contributed by atoms with Gasteiger partial charge in [0.25, 0.3) is 0 Å². The summed E-state index contributed by atoms with van der Waals surface area (Å²) in [6.07, 6.45) is 2.44. The zero-order valence-corrected chi connectivity index (χ0v) is 9.13. The first-order valence-electron chi connectivity index (χ1n) is 5.74. The highest BCUT2D eigenvalue weighted by atomic mass is 16.4. The van der Waals surface area contributed by atoms with Gasteiger partial charge in [-0.15, -0.1) is 0 Å². The monoisotopic (exact) mass is 227 g/mol. The number of likely N-dealkylation sites (tertiary alicyclic amines) is 1. The number of aliphatic carboxylic acids is 1. The van der Waals surface area contributed by atoms with E-state index >= 15 is 0 Å². The molecule has 2 fully saturated rings. The summed E-state index contributed by atoms with van der Waals surface area (Å²) in [5, 5.41) is 17.9. The molecule has 2 atom stereocenters. The van der Waals surface area contributed by atoms with Crippen LogP contribution < -0.4 is 0 Å². The molecule has 5 nitrogen and oxygen atoms in total. The molecule has 1 saturated heterocycles. The number of hydrogen-bond donors (Lipinski definition) is 2. The summed E-state index contributed by atoms with van der Waals surface area (Å²) in [5.41, 5.74) is 0. The summed E-state index contributed by atoms with van der Waals surface area (Å²) in [6, 6.07) is -0.151. The maximum Gasteiger partial charge on any atom is 0.305 e. The quantitative estimate of drug-likeness (QED) is 0.697. The Balaban J connectivity index is 2.02. The molecule has 0 aromatic rings. The Hall–Kier alpha value is -1.10. The number of hydrogen-bond acceptors (Lipinski definition) is 3. The standard InChI is InChI=1S/C11H17NO4/c13-6-7-3-10(14)12(5-7)9(4-11(15)16)8-1-2-8/h7-9,13H,1-6H2,(H,15,16). The van der Waals surface area contributed by atoms with Gasteiger partial charge in [-0.25, -0.2) is 0 Å². The molecule has 2 rings (SSSR count). The van der Waals surface area contributed by atoms with Crippen LogP contribution in [0.4, 0.5) is 0 Å². The minimum atomic E-state index is -0.850. The smallest absolute Gasteiger partial charge is 0.305 e. The van der Waals surface area contributed by atoms with Crippen LogP contribution in [0.3, 0.4) is 0 Å². The Bertz CT molecular complexity index is 300. The number of carboxylic acid groups (broad SMARTS) is 1. The average molecular weight is 227 g/mol. The van der Waals surface area contributed by atoms with Crippen LogP contribution in [0.25, 0.3) is 0 Å². The SMILES string of the molecule is O=C(O)CC(C1CC1)N1CC(CO)CC1=O. The summed E-state index contributed by atoms with van der Waals surface area (Å²) in [4.78, 5) is 24.2. The van der Waals surface area contributed by atoms with Gasteiger partial charge in [0.15, 0.2) is 0 Å². The molecule has 2 aliphatic rings. The first-order valence-corrected chi connectivity index (χ1v) is 5.74. The number of nitrogens with zero attached hydrogens (tertiary/aromatic N) is 1. The average Bonchev–Trinajstić information content (AvgIpc) is 2.99. The van der Waals surface area contributed by atoms with Crippen molar-refractivity contribution in [3.63, 3.8) is 0 Å². The summed E-state index contributed by atoms with van der Waals surface area (Å²) in [7, 11) is 0. The van der Waals surface area contributed by atoms with Gasteiger partial charge in [0.2, 0.25) is 5.91 Å². The molecule has 1 aliphatic heterocycles. The highest BCUT2D eigenvalue weighted by molar-refractivity contribution is 5.80. The van der Waals surface area contributed by atoms with Crippen molar-refractivity contribution in [3.8, 4) is 0 Å². The summed E-state index contributed by atoms with van der Waals surface area (Å²) in [5.74, 6) is -0.505. The molecule has 1 heterocycles. The van der Waals surface area contributed by atoms with E-state index in [0.29, 0.717) is 18.9 Å². The van der Waals surface area contributed by atoms with Crippen LogP contribution in [0.15, 0.2) is 0 Å². The van der Waals surface area contributed by atoms with E-state index in [1.807, 2.05) is 0 Å². The molecule has 90 valence electrons. The number of carbonyl (C=O) groups excluding carboxylic acids is 1. The normalized spacial score (nSPS) is 27.2. The van der Waals surface area contributed by atoms with Gasteiger partial charge in [-0.3, -0.25) is 9.59 Å². The molecule has 0 bridgehead atoms. The van der Waals surface area contributed by atoms with Crippen LogP contribution in [-0.4, -0.2) is 46.2 Å². The van der Waals surface area contributed by atoms with Crippen molar-refractivity contribution in [2.24, 2.45) is 11.8 Å². The minimum absolute atomic E-state index is 0.00259. The number of rotatable bonds is 5. The maximum absolute atomic E-state index is 11.7. The van der Waals surface area contributed by atoms with Crippen LogP contribution in [0.1, 0.15) is 25.7 Å². The van der Waals surface area contributed by atoms with E-state index in [2.05, 4.69) is 0 Å². The largest absolute Gasteiger partial charge is 0.481 e. The van der Waals surface area contributed by atoms with Crippen molar-refractivity contribution in [2.45, 2.75) is 31.7 Å². The Morgan fingerprint density at radius 3 is 2.62 bits per heavy atom. The number of amides is 1. The van der Waals surface area contributed by atoms with Crippen molar-refractivity contribution in [3.05, 3.63) is 0 Å². The molecule has 0 aromatic heterocycles. The molecule has 0 radical (unpaired) electrons. The van der Waals surface area contributed by atoms with Crippen molar-refractivity contribution >= 4 is 11.9 Å². The predicted octanol–water partition coefficient (Wildman–Crippen LogP) is 0.0805. The van der Waals surface area contributed by atoms with Crippen LogP contribution >= 0.6 is 0 Å². The van der Waals surface area contributed by atoms with Crippen LogP contribution in [0, 0.1) is 11.8 Å². The van der Waals surface area contributed by atoms with Gasteiger partial charge in [-0.05, 0) is 18.8 Å². The fourth-order valence-electron chi connectivity index (χ4n) is 2.44. The van der Waals surface area contributed by atoms with Crippen LogP contribution in [0.5, 0.6) is 0 Å². The zero-order valence-electron chi connectivity index (χ0n) is 9.13. The molecule has 0 spiro atoms. The third kappa shape index (κ3) is 2.35. The summed E-state index contributed by atoms with van der Waals surface area (Å²) in [6.45, 7) is 0.524. The molecule has 1 amide bonds. The van der Waals surface area contributed by atoms with Crippen molar-refractivity contribution in [1.29, 1.82) is 0 Å². The first kappa shape index (κ1) is 11.4. The fourth-order valence-corrected chi connectivity index (χ4v) is 2.44. The van der Waals surface area contributed by atoms with Gasteiger partial charge in [0, 0.05) is 31.5 Å². The fraction of sp³-hybridized carbons (Fsp3) is 0.818. The number of carboxylic acids is 1. The van der Waals surface area contributed by atoms with E-state index in [-0.39, 0.29) is 30.9 Å². The third-order valence-corrected chi connectivity index (χ3v) is 3.45. The van der Waals surface area contributed by atoms with Gasteiger partial charge >= 0.3 is 5.97 Å². The summed E-state index contributed by atoms with van der Waals surface area (Å²) >= 11 is 0. The van der Waals surface area contributed by atoms with Gasteiger partial charge in [-0.2, -0.15) is 0 Å². The van der Waals surface area contributed by atoms with E-state index in [1.165, 1.54) is 0 Å². The molecule has 16 heavy (non-hydrogen) atoms. The van der Waals surface area contributed by atoms with Gasteiger partial charge in [-0.1, -0.05) is 0 Å². The second-order valence-corrected chi connectivity index (χ2v) is 4.80. The highest BCUT2D eigenvalue weighted by Crippen LogP contribution is 2.39. The van der Waals surface area contributed by atoms with Crippen LogP contribution in [0.2, 0.25) is 0 Å². The second-order valence-electron chi connectivity index (χ2n) is 4.80. The Morgan fingerprint density at radius 2 is 2.19 bits per heavy atom. The molecule has 2 unspecified atom stereocenters. The second kappa shape index (κ2) is 4.41. The minimum Gasteiger partial charge on any atom is -0.481 e. The molecule has 5 heteroatoms. The highest BCUT2D eigenvalue weighted by Gasteiger charge is 2.42. The molecule has 2 N–H and O–H groups in total. The molecular weight excluding hydrogens is 210 g/mol. The lowest BCUT2D eigenvalue weighted by Gasteiger charge is -2.27. The zero-order chi connectivity index (χ0) is 11.7. The van der Waals surface area contributed by atoms with E-state index < -0.39 is 5.97 Å². The van der Waals surface area contributed by atoms with E-state index in [4.69, 9.17) is 10.2 Å². The van der Waals surface area contributed by atoms with E-state index in [9.17, 15) is 9.59 Å². The molecule has 1 aliphatic carbocycles. The lowest BCUT2D eigenvalue weighted by Crippen LogP contribution is -2.39. The maximum atomic E-state index is 11.7.